The Bertz CT molecular complexity index is 677. The highest BCUT2D eigenvalue weighted by molar-refractivity contribution is 14.1. The minimum Gasteiger partial charge on any atom is -0.492 e. The van der Waals surface area contributed by atoms with Crippen molar-refractivity contribution in [1.29, 1.82) is 0 Å². The van der Waals surface area contributed by atoms with Gasteiger partial charge in [-0.25, -0.2) is 0 Å². The Hall–Kier alpha value is -1.47. The van der Waals surface area contributed by atoms with Gasteiger partial charge in [0, 0.05) is 14.2 Å². The lowest BCUT2D eigenvalue weighted by molar-refractivity contribution is 0.102. The molecule has 2 aromatic carbocycles. The van der Waals surface area contributed by atoms with Crippen LogP contribution in [-0.2, 0) is 0 Å². The molecule has 4 nitrogen and oxygen atoms in total. The topological polar surface area (TPSA) is 64.3 Å². The van der Waals surface area contributed by atoms with Gasteiger partial charge in [0.25, 0.3) is 5.91 Å². The number of nitrogens with two attached hydrogens (primary N) is 1. The summed E-state index contributed by atoms with van der Waals surface area (Å²) in [6.45, 7) is 2.40. The summed E-state index contributed by atoms with van der Waals surface area (Å²) >= 11 is 8.01. The number of nitrogens with one attached hydrogen (secondary N) is 1. The van der Waals surface area contributed by atoms with Crippen LogP contribution in [0, 0.1) is 3.57 Å². The average molecular weight is 417 g/mol. The predicted molar refractivity (Wildman–Crippen MR) is 94.1 cm³/mol. The van der Waals surface area contributed by atoms with Gasteiger partial charge in [-0.1, -0.05) is 11.6 Å². The first-order valence-electron chi connectivity index (χ1n) is 6.30. The van der Waals surface area contributed by atoms with E-state index in [1.165, 1.54) is 0 Å². The third kappa shape index (κ3) is 4.01. The van der Waals surface area contributed by atoms with Crippen LogP contribution in [0.2, 0.25) is 5.02 Å². The summed E-state index contributed by atoms with van der Waals surface area (Å²) in [5.41, 5.74) is 7.48. The molecule has 0 aliphatic carbocycles. The smallest absolute Gasteiger partial charge is 0.255 e. The summed E-state index contributed by atoms with van der Waals surface area (Å²) in [4.78, 5) is 12.2. The molecule has 0 unspecified atom stereocenters. The van der Waals surface area contributed by atoms with Crippen LogP contribution in [0.3, 0.4) is 0 Å². The third-order valence-electron chi connectivity index (χ3n) is 2.75. The van der Waals surface area contributed by atoms with Gasteiger partial charge in [-0.3, -0.25) is 4.79 Å². The molecule has 0 saturated heterocycles. The highest BCUT2D eigenvalue weighted by atomic mass is 127. The minimum atomic E-state index is -0.231. The van der Waals surface area contributed by atoms with Crippen molar-refractivity contribution in [3.05, 3.63) is 50.6 Å². The van der Waals surface area contributed by atoms with E-state index in [0.717, 1.165) is 3.57 Å². The van der Waals surface area contributed by atoms with Gasteiger partial charge in [0.1, 0.15) is 5.75 Å². The molecule has 1 amide bonds. The van der Waals surface area contributed by atoms with E-state index in [1.807, 2.05) is 6.92 Å². The van der Waals surface area contributed by atoms with E-state index in [0.29, 0.717) is 34.3 Å². The van der Waals surface area contributed by atoms with Crippen molar-refractivity contribution in [3.8, 4) is 5.75 Å². The summed E-state index contributed by atoms with van der Waals surface area (Å²) in [6, 6.07) is 10.2. The van der Waals surface area contributed by atoms with Crippen LogP contribution in [0.1, 0.15) is 17.3 Å². The molecule has 0 radical (unpaired) electrons. The Labute approximate surface area is 141 Å². The number of anilines is 2. The molecule has 0 aromatic heterocycles. The Morgan fingerprint density at radius 3 is 2.71 bits per heavy atom. The maximum Gasteiger partial charge on any atom is 0.255 e. The molecule has 6 heteroatoms. The van der Waals surface area contributed by atoms with Crippen LogP contribution < -0.4 is 15.8 Å². The number of ether oxygens (including phenoxy) is 1. The van der Waals surface area contributed by atoms with Crippen molar-refractivity contribution < 1.29 is 9.53 Å². The zero-order chi connectivity index (χ0) is 15.4. The maximum atomic E-state index is 12.2. The molecule has 110 valence electrons. The van der Waals surface area contributed by atoms with Crippen molar-refractivity contribution in [3.63, 3.8) is 0 Å². The molecule has 0 heterocycles. The molecule has 0 aliphatic rings. The van der Waals surface area contributed by atoms with Crippen molar-refractivity contribution in [2.75, 3.05) is 17.7 Å². The van der Waals surface area contributed by atoms with E-state index in [-0.39, 0.29) is 5.91 Å². The van der Waals surface area contributed by atoms with Crippen molar-refractivity contribution in [2.45, 2.75) is 6.92 Å². The predicted octanol–water partition coefficient (Wildman–Crippen LogP) is 4.18. The molecular formula is C15H14ClIN2O2. The van der Waals surface area contributed by atoms with E-state index in [2.05, 4.69) is 27.9 Å². The fourth-order valence-electron chi connectivity index (χ4n) is 1.76. The van der Waals surface area contributed by atoms with Crippen molar-refractivity contribution in [1.82, 2.24) is 0 Å². The second-order valence-corrected chi connectivity index (χ2v) is 5.86. The van der Waals surface area contributed by atoms with Crippen LogP contribution in [0.15, 0.2) is 36.4 Å². The molecule has 3 N–H and O–H groups in total. The summed E-state index contributed by atoms with van der Waals surface area (Å²) < 4.78 is 6.22. The second kappa shape index (κ2) is 7.00. The number of carbonyl (C=O) groups excluding carboxylic acids is 1. The summed E-state index contributed by atoms with van der Waals surface area (Å²) in [6.07, 6.45) is 0. The Morgan fingerprint density at radius 1 is 1.33 bits per heavy atom. The molecule has 0 spiro atoms. The van der Waals surface area contributed by atoms with Gasteiger partial charge in [-0.05, 0) is 65.9 Å². The van der Waals surface area contributed by atoms with Gasteiger partial charge in [-0.15, -0.1) is 0 Å². The Kier molecular flexibility index (Phi) is 5.30. The van der Waals surface area contributed by atoms with Crippen LogP contribution in [0.4, 0.5) is 11.4 Å². The molecule has 0 saturated carbocycles. The minimum absolute atomic E-state index is 0.231. The van der Waals surface area contributed by atoms with Gasteiger partial charge >= 0.3 is 0 Å². The van der Waals surface area contributed by atoms with Crippen molar-refractivity contribution in [2.24, 2.45) is 0 Å². The summed E-state index contributed by atoms with van der Waals surface area (Å²) in [5.74, 6) is 0.347. The van der Waals surface area contributed by atoms with E-state index < -0.39 is 0 Å². The number of hydrogen-bond donors (Lipinski definition) is 2. The van der Waals surface area contributed by atoms with Crippen molar-refractivity contribution >= 4 is 51.5 Å². The van der Waals surface area contributed by atoms with Crippen LogP contribution in [-0.4, -0.2) is 12.5 Å². The van der Waals surface area contributed by atoms with E-state index in [4.69, 9.17) is 22.1 Å². The van der Waals surface area contributed by atoms with Gasteiger partial charge in [0.05, 0.1) is 18.0 Å². The highest BCUT2D eigenvalue weighted by Gasteiger charge is 2.11. The van der Waals surface area contributed by atoms with Gasteiger partial charge in [0.15, 0.2) is 0 Å². The highest BCUT2D eigenvalue weighted by Crippen LogP contribution is 2.25. The zero-order valence-electron chi connectivity index (χ0n) is 11.3. The average Bonchev–Trinajstić information content (AvgIpc) is 2.44. The lowest BCUT2D eigenvalue weighted by Gasteiger charge is -2.10. The fraction of sp³-hybridized carbons (Fsp3) is 0.133. The molecule has 2 rings (SSSR count). The van der Waals surface area contributed by atoms with E-state index in [1.54, 1.807) is 36.4 Å². The monoisotopic (exact) mass is 416 g/mol. The number of carbonyl (C=O) groups is 1. The van der Waals surface area contributed by atoms with Gasteiger partial charge < -0.3 is 15.8 Å². The SMILES string of the molecule is CCOc1ccc(C(=O)Nc2ccc(Cl)cc2I)cc1N. The number of hydrogen-bond acceptors (Lipinski definition) is 3. The number of benzene rings is 2. The first-order chi connectivity index (χ1) is 10.0. The summed E-state index contributed by atoms with van der Waals surface area (Å²) in [7, 11) is 0. The molecule has 2 aromatic rings. The maximum absolute atomic E-state index is 12.2. The van der Waals surface area contributed by atoms with Gasteiger partial charge in [-0.2, -0.15) is 0 Å². The lowest BCUT2D eigenvalue weighted by Crippen LogP contribution is -2.13. The lowest BCUT2D eigenvalue weighted by atomic mass is 10.1. The third-order valence-corrected chi connectivity index (χ3v) is 3.88. The standard InChI is InChI=1S/C15H14ClIN2O2/c1-2-21-14-6-3-9(7-12(14)18)15(20)19-13-5-4-10(16)8-11(13)17/h3-8H,2,18H2,1H3,(H,19,20). The number of halogens is 2. The molecule has 0 bridgehead atoms. The molecule has 21 heavy (non-hydrogen) atoms. The molecule has 0 aliphatic heterocycles. The number of amides is 1. The van der Waals surface area contributed by atoms with E-state index in [9.17, 15) is 4.79 Å². The quantitative estimate of drug-likeness (QED) is 0.580. The molecular weight excluding hydrogens is 403 g/mol. The fourth-order valence-corrected chi connectivity index (χ4v) is 2.77. The Morgan fingerprint density at radius 2 is 2.10 bits per heavy atom. The largest absolute Gasteiger partial charge is 0.492 e. The van der Waals surface area contributed by atoms with Gasteiger partial charge in [0.2, 0.25) is 0 Å². The van der Waals surface area contributed by atoms with E-state index >= 15 is 0 Å². The number of nitrogen functional groups attached to an aromatic ring is 1. The van der Waals surface area contributed by atoms with Crippen LogP contribution in [0.25, 0.3) is 0 Å². The number of rotatable bonds is 4. The summed E-state index contributed by atoms with van der Waals surface area (Å²) in [5, 5.41) is 3.46. The van der Waals surface area contributed by atoms with Crippen LogP contribution in [0.5, 0.6) is 5.75 Å². The first-order valence-corrected chi connectivity index (χ1v) is 7.75. The first kappa shape index (κ1) is 15.9. The second-order valence-electron chi connectivity index (χ2n) is 4.26. The zero-order valence-corrected chi connectivity index (χ0v) is 14.2. The Balaban J connectivity index is 2.18. The normalized spacial score (nSPS) is 10.2. The molecule has 0 atom stereocenters. The van der Waals surface area contributed by atoms with Crippen LogP contribution >= 0.6 is 34.2 Å². The molecule has 0 fully saturated rings.